The number of carbonyl (C=O) groups is 1. The van der Waals surface area contributed by atoms with Gasteiger partial charge in [-0.1, -0.05) is 41.6 Å². The lowest BCUT2D eigenvalue weighted by Crippen LogP contribution is -2.14. The van der Waals surface area contributed by atoms with Gasteiger partial charge in [0.1, 0.15) is 5.75 Å². The molecular formula is C18H16ClN3O2S. The summed E-state index contributed by atoms with van der Waals surface area (Å²) in [4.78, 5) is 16.5. The standard InChI is InChI=1S/C18H16ClN3O2S/c1-24-14-6-4-5-13(11-14)22-10-9-20-18(22)25-12-17(23)21-16-8-3-2-7-15(16)19/h2-11H,12H2,1H3,(H,21,23). The molecule has 1 aromatic heterocycles. The van der Waals surface area contributed by atoms with Gasteiger partial charge in [-0.25, -0.2) is 4.98 Å². The first kappa shape index (κ1) is 17.4. The molecule has 0 spiro atoms. The molecule has 0 unspecified atom stereocenters. The van der Waals surface area contributed by atoms with Crippen LogP contribution in [-0.2, 0) is 4.79 Å². The van der Waals surface area contributed by atoms with Gasteiger partial charge in [0.2, 0.25) is 5.91 Å². The van der Waals surface area contributed by atoms with Gasteiger partial charge in [0, 0.05) is 18.5 Å². The van der Waals surface area contributed by atoms with E-state index in [1.54, 1.807) is 25.4 Å². The molecule has 5 nitrogen and oxygen atoms in total. The average molecular weight is 374 g/mol. The molecular weight excluding hydrogens is 358 g/mol. The number of imidazole rings is 1. The molecule has 1 N–H and O–H groups in total. The molecule has 25 heavy (non-hydrogen) atoms. The van der Waals surface area contributed by atoms with Gasteiger partial charge in [0.05, 0.1) is 29.3 Å². The summed E-state index contributed by atoms with van der Waals surface area (Å²) in [5, 5.41) is 4.04. The minimum Gasteiger partial charge on any atom is -0.497 e. The van der Waals surface area contributed by atoms with Crippen molar-refractivity contribution in [1.82, 2.24) is 9.55 Å². The van der Waals surface area contributed by atoms with Crippen molar-refractivity contribution >= 4 is 35.0 Å². The van der Waals surface area contributed by atoms with Gasteiger partial charge in [0.15, 0.2) is 5.16 Å². The van der Waals surface area contributed by atoms with E-state index in [1.807, 2.05) is 47.2 Å². The lowest BCUT2D eigenvalue weighted by atomic mass is 10.3. The second-order valence-corrected chi connectivity index (χ2v) is 6.45. The van der Waals surface area contributed by atoms with E-state index in [1.165, 1.54) is 11.8 Å². The fourth-order valence-electron chi connectivity index (χ4n) is 2.23. The number of hydrogen-bond donors (Lipinski definition) is 1. The van der Waals surface area contributed by atoms with Crippen LogP contribution in [0.1, 0.15) is 0 Å². The van der Waals surface area contributed by atoms with Crippen molar-refractivity contribution in [2.45, 2.75) is 5.16 Å². The number of thioether (sulfide) groups is 1. The van der Waals surface area contributed by atoms with Crippen LogP contribution in [0.5, 0.6) is 5.75 Å². The van der Waals surface area contributed by atoms with Crippen LogP contribution in [-0.4, -0.2) is 28.3 Å². The van der Waals surface area contributed by atoms with E-state index in [0.29, 0.717) is 10.7 Å². The van der Waals surface area contributed by atoms with E-state index in [2.05, 4.69) is 10.3 Å². The highest BCUT2D eigenvalue weighted by atomic mass is 35.5. The molecule has 7 heteroatoms. The Bertz CT molecular complexity index is 882. The number of aromatic nitrogens is 2. The van der Waals surface area contributed by atoms with Crippen LogP contribution in [0.2, 0.25) is 5.02 Å². The zero-order chi connectivity index (χ0) is 17.6. The molecule has 0 bridgehead atoms. The molecule has 1 amide bonds. The van der Waals surface area contributed by atoms with Crippen LogP contribution in [0.4, 0.5) is 5.69 Å². The minimum absolute atomic E-state index is 0.140. The van der Waals surface area contributed by atoms with Gasteiger partial charge in [-0.15, -0.1) is 0 Å². The number of methoxy groups -OCH3 is 1. The largest absolute Gasteiger partial charge is 0.497 e. The molecule has 0 fully saturated rings. The fraction of sp³-hybridized carbons (Fsp3) is 0.111. The molecule has 3 rings (SSSR count). The van der Waals surface area contributed by atoms with Crippen LogP contribution >= 0.6 is 23.4 Å². The van der Waals surface area contributed by atoms with Gasteiger partial charge >= 0.3 is 0 Å². The molecule has 0 aliphatic rings. The molecule has 3 aromatic rings. The van der Waals surface area contributed by atoms with Crippen molar-refractivity contribution in [2.24, 2.45) is 0 Å². The van der Waals surface area contributed by atoms with Crippen LogP contribution in [0.25, 0.3) is 5.69 Å². The molecule has 1 heterocycles. The summed E-state index contributed by atoms with van der Waals surface area (Å²) in [6.07, 6.45) is 3.55. The Morgan fingerprint density at radius 2 is 2.12 bits per heavy atom. The van der Waals surface area contributed by atoms with Gasteiger partial charge < -0.3 is 10.1 Å². The monoisotopic (exact) mass is 373 g/mol. The first-order valence-corrected chi connectivity index (χ1v) is 8.88. The Hall–Kier alpha value is -2.44. The van der Waals surface area contributed by atoms with Gasteiger partial charge in [0.25, 0.3) is 0 Å². The topological polar surface area (TPSA) is 56.2 Å². The summed E-state index contributed by atoms with van der Waals surface area (Å²) in [5.41, 5.74) is 1.52. The van der Waals surface area contributed by atoms with Crippen LogP contribution in [0.3, 0.4) is 0 Å². The Balaban J connectivity index is 1.67. The summed E-state index contributed by atoms with van der Waals surface area (Å²) in [7, 11) is 1.63. The number of anilines is 1. The van der Waals surface area contributed by atoms with E-state index >= 15 is 0 Å². The number of ether oxygens (including phenoxy) is 1. The molecule has 128 valence electrons. The first-order chi connectivity index (χ1) is 12.2. The Kier molecular flexibility index (Phi) is 5.63. The van der Waals surface area contributed by atoms with Crippen molar-refractivity contribution in [3.63, 3.8) is 0 Å². The second-order valence-electron chi connectivity index (χ2n) is 5.10. The van der Waals surface area contributed by atoms with E-state index in [0.717, 1.165) is 16.6 Å². The van der Waals surface area contributed by atoms with E-state index in [9.17, 15) is 4.79 Å². The molecule has 0 saturated carbocycles. The Labute approximate surface area is 155 Å². The Morgan fingerprint density at radius 3 is 2.92 bits per heavy atom. The molecule has 0 aliphatic heterocycles. The first-order valence-electron chi connectivity index (χ1n) is 7.52. The quantitative estimate of drug-likeness (QED) is 0.656. The Morgan fingerprint density at radius 1 is 1.28 bits per heavy atom. The predicted octanol–water partition coefficient (Wildman–Crippen LogP) is 4.27. The number of benzene rings is 2. The van der Waals surface area contributed by atoms with Crippen molar-refractivity contribution in [3.05, 3.63) is 65.9 Å². The van der Waals surface area contributed by atoms with Crippen LogP contribution < -0.4 is 10.1 Å². The van der Waals surface area contributed by atoms with Crippen molar-refractivity contribution < 1.29 is 9.53 Å². The highest BCUT2D eigenvalue weighted by molar-refractivity contribution is 7.99. The zero-order valence-corrected chi connectivity index (χ0v) is 15.1. The second kappa shape index (κ2) is 8.09. The highest BCUT2D eigenvalue weighted by Crippen LogP contribution is 2.24. The third-order valence-electron chi connectivity index (χ3n) is 3.42. The maximum absolute atomic E-state index is 12.2. The van der Waals surface area contributed by atoms with Gasteiger partial charge in [-0.3, -0.25) is 9.36 Å². The van der Waals surface area contributed by atoms with Crippen molar-refractivity contribution in [2.75, 3.05) is 18.2 Å². The lowest BCUT2D eigenvalue weighted by molar-refractivity contribution is -0.113. The zero-order valence-electron chi connectivity index (χ0n) is 13.5. The fourth-order valence-corrected chi connectivity index (χ4v) is 3.19. The number of nitrogens with one attached hydrogen (secondary N) is 1. The smallest absolute Gasteiger partial charge is 0.234 e. The van der Waals surface area contributed by atoms with E-state index in [4.69, 9.17) is 16.3 Å². The summed E-state index contributed by atoms with van der Waals surface area (Å²) in [6, 6.07) is 14.8. The minimum atomic E-state index is -0.140. The van der Waals surface area contributed by atoms with E-state index < -0.39 is 0 Å². The third-order valence-corrected chi connectivity index (χ3v) is 4.72. The van der Waals surface area contributed by atoms with Gasteiger partial charge in [-0.05, 0) is 24.3 Å². The number of carbonyl (C=O) groups excluding carboxylic acids is 1. The summed E-state index contributed by atoms with van der Waals surface area (Å²) in [6.45, 7) is 0. The lowest BCUT2D eigenvalue weighted by Gasteiger charge is -2.09. The number of hydrogen-bond acceptors (Lipinski definition) is 4. The number of halogens is 1. The predicted molar refractivity (Wildman–Crippen MR) is 101 cm³/mol. The van der Waals surface area contributed by atoms with Crippen molar-refractivity contribution in [1.29, 1.82) is 0 Å². The number of nitrogens with zero attached hydrogens (tertiary/aromatic N) is 2. The normalized spacial score (nSPS) is 10.5. The van der Waals surface area contributed by atoms with Crippen LogP contribution in [0, 0.1) is 0 Å². The molecule has 0 saturated heterocycles. The number of para-hydroxylation sites is 1. The molecule has 0 radical (unpaired) electrons. The highest BCUT2D eigenvalue weighted by Gasteiger charge is 2.11. The molecule has 0 aliphatic carbocycles. The molecule has 2 aromatic carbocycles. The summed E-state index contributed by atoms with van der Waals surface area (Å²) in [5.74, 6) is 0.851. The van der Waals surface area contributed by atoms with Gasteiger partial charge in [-0.2, -0.15) is 0 Å². The third kappa shape index (κ3) is 4.35. The van der Waals surface area contributed by atoms with Crippen molar-refractivity contribution in [3.8, 4) is 11.4 Å². The SMILES string of the molecule is COc1cccc(-n2ccnc2SCC(=O)Nc2ccccc2Cl)c1. The number of amides is 1. The maximum Gasteiger partial charge on any atom is 0.234 e. The average Bonchev–Trinajstić information content (AvgIpc) is 3.10. The van der Waals surface area contributed by atoms with E-state index in [-0.39, 0.29) is 11.7 Å². The number of rotatable bonds is 6. The molecule has 0 atom stereocenters. The summed E-state index contributed by atoms with van der Waals surface area (Å²) >= 11 is 7.40. The van der Waals surface area contributed by atoms with Crippen LogP contribution in [0.15, 0.2) is 66.1 Å². The summed E-state index contributed by atoms with van der Waals surface area (Å²) < 4.78 is 7.16. The maximum atomic E-state index is 12.2.